The number of imidazole rings is 1. The molecule has 5 rings (SSSR count). The number of amides is 1. The molecular weight excluding hydrogens is 514 g/mol. The van der Waals surface area contributed by atoms with Crippen molar-refractivity contribution < 1.29 is 24.2 Å². The first kappa shape index (κ1) is 22.7. The number of fused-ring (bicyclic) bond motifs is 2. The first-order valence-corrected chi connectivity index (χ1v) is 11.6. The Kier molecular flexibility index (Phi) is 6.24. The van der Waals surface area contributed by atoms with Gasteiger partial charge in [-0.15, -0.1) is 0 Å². The number of anilines is 1. The van der Waals surface area contributed by atoms with E-state index < -0.39 is 12.0 Å². The molecule has 1 aromatic heterocycles. The summed E-state index contributed by atoms with van der Waals surface area (Å²) in [4.78, 5) is 28.6. The number of aliphatic carboxylic acids is 1. The van der Waals surface area contributed by atoms with E-state index in [2.05, 4.69) is 26.2 Å². The average Bonchev–Trinajstić information content (AvgIpc) is 3.47. The van der Waals surface area contributed by atoms with Crippen LogP contribution in [0.2, 0.25) is 0 Å². The first-order chi connectivity index (χ1) is 17.0. The third-order valence-electron chi connectivity index (χ3n) is 5.64. The molecule has 2 heterocycles. The summed E-state index contributed by atoms with van der Waals surface area (Å²) in [5.41, 5.74) is 3.63. The van der Waals surface area contributed by atoms with Gasteiger partial charge in [-0.2, -0.15) is 0 Å². The number of hydrogen-bond donors (Lipinski definition) is 2. The van der Waals surface area contributed by atoms with Gasteiger partial charge in [-0.3, -0.25) is 9.59 Å². The molecule has 1 unspecified atom stereocenters. The maximum Gasteiger partial charge on any atom is 0.305 e. The molecule has 8 nitrogen and oxygen atoms in total. The second-order valence-corrected chi connectivity index (χ2v) is 8.78. The molecule has 0 spiro atoms. The summed E-state index contributed by atoms with van der Waals surface area (Å²) in [6.07, 6.45) is 4.65. The number of benzene rings is 3. The average molecular weight is 534 g/mol. The van der Waals surface area contributed by atoms with Crippen LogP contribution in [-0.2, 0) is 9.59 Å². The molecule has 2 N–H and O–H groups in total. The van der Waals surface area contributed by atoms with E-state index >= 15 is 0 Å². The molecule has 0 aliphatic carbocycles. The highest BCUT2D eigenvalue weighted by Gasteiger charge is 2.20. The number of carboxylic acids is 1. The van der Waals surface area contributed by atoms with Crippen LogP contribution in [0.4, 0.5) is 5.69 Å². The third kappa shape index (κ3) is 4.90. The van der Waals surface area contributed by atoms with E-state index in [-0.39, 0.29) is 19.1 Å². The van der Waals surface area contributed by atoms with E-state index in [1.807, 2.05) is 34.9 Å². The fourth-order valence-electron chi connectivity index (χ4n) is 3.98. The van der Waals surface area contributed by atoms with Gasteiger partial charge >= 0.3 is 5.97 Å². The molecule has 35 heavy (non-hydrogen) atoms. The van der Waals surface area contributed by atoms with Gasteiger partial charge in [0, 0.05) is 16.2 Å². The predicted octanol–water partition coefficient (Wildman–Crippen LogP) is 5.24. The van der Waals surface area contributed by atoms with Crippen LogP contribution in [-0.4, -0.2) is 33.3 Å². The second kappa shape index (κ2) is 9.63. The van der Waals surface area contributed by atoms with Gasteiger partial charge in [0.05, 0.1) is 29.8 Å². The Labute approximate surface area is 208 Å². The van der Waals surface area contributed by atoms with Crippen LogP contribution in [0.5, 0.6) is 11.5 Å². The molecule has 1 aliphatic heterocycles. The van der Waals surface area contributed by atoms with Gasteiger partial charge in [-0.25, -0.2) is 4.98 Å². The highest BCUT2D eigenvalue weighted by Crippen LogP contribution is 2.37. The number of carbonyl (C=O) groups excluding carboxylic acids is 1. The smallest absolute Gasteiger partial charge is 0.305 e. The summed E-state index contributed by atoms with van der Waals surface area (Å²) < 4.78 is 13.3. The summed E-state index contributed by atoms with van der Waals surface area (Å²) in [5, 5.41) is 12.4. The Morgan fingerprint density at radius 3 is 2.66 bits per heavy atom. The molecule has 0 radical (unpaired) electrons. The lowest BCUT2D eigenvalue weighted by Crippen LogP contribution is -2.14. The van der Waals surface area contributed by atoms with Crippen molar-refractivity contribution in [2.45, 2.75) is 12.5 Å². The molecule has 176 valence electrons. The quantitative estimate of drug-likeness (QED) is 0.315. The number of nitrogens with one attached hydrogen (secondary N) is 1. The standard InChI is InChI=1S/C26H20BrN3O5/c27-19-12-24-23(34-15-35-24)10-17(19)6-9-25(31)29-18-7-8-20-22(11-18)30(14-28-20)21(13-26(32)33)16-4-2-1-3-5-16/h1-12,14,21H,13,15H2,(H,29,31)(H,32,33)/b9-6+. The van der Waals surface area contributed by atoms with E-state index in [4.69, 9.17) is 9.47 Å². The highest BCUT2D eigenvalue weighted by atomic mass is 79.9. The Bertz CT molecular complexity index is 1450. The van der Waals surface area contributed by atoms with Crippen LogP contribution in [0.3, 0.4) is 0 Å². The fourth-order valence-corrected chi connectivity index (χ4v) is 4.43. The van der Waals surface area contributed by atoms with Crippen molar-refractivity contribution in [1.82, 2.24) is 9.55 Å². The van der Waals surface area contributed by atoms with Gasteiger partial charge in [0.2, 0.25) is 12.7 Å². The minimum absolute atomic E-state index is 0.0980. The third-order valence-corrected chi connectivity index (χ3v) is 6.32. The van der Waals surface area contributed by atoms with E-state index in [9.17, 15) is 14.7 Å². The van der Waals surface area contributed by atoms with E-state index in [0.717, 1.165) is 21.1 Å². The van der Waals surface area contributed by atoms with Crippen LogP contribution in [0, 0.1) is 0 Å². The molecule has 0 bridgehead atoms. The van der Waals surface area contributed by atoms with E-state index in [0.29, 0.717) is 22.7 Å². The molecule has 3 aromatic carbocycles. The molecular formula is C26H20BrN3O5. The lowest BCUT2D eigenvalue weighted by Gasteiger charge is -2.18. The van der Waals surface area contributed by atoms with Gasteiger partial charge < -0.3 is 24.5 Å². The van der Waals surface area contributed by atoms with E-state index in [1.54, 1.807) is 42.7 Å². The zero-order valence-electron chi connectivity index (χ0n) is 18.3. The number of hydrogen-bond acceptors (Lipinski definition) is 5. The van der Waals surface area contributed by atoms with Crippen molar-refractivity contribution in [3.05, 3.63) is 88.7 Å². The first-order valence-electron chi connectivity index (χ1n) is 10.8. The van der Waals surface area contributed by atoms with Gasteiger partial charge in [-0.05, 0) is 47.5 Å². The maximum atomic E-state index is 12.6. The Balaban J connectivity index is 1.39. The minimum Gasteiger partial charge on any atom is -0.481 e. The summed E-state index contributed by atoms with van der Waals surface area (Å²) in [6, 6.07) is 17.9. The molecule has 1 atom stereocenters. The zero-order valence-corrected chi connectivity index (χ0v) is 19.9. The van der Waals surface area contributed by atoms with Crippen LogP contribution in [0.1, 0.15) is 23.6 Å². The second-order valence-electron chi connectivity index (χ2n) is 7.93. The molecule has 1 aliphatic rings. The molecule has 0 fully saturated rings. The Morgan fingerprint density at radius 1 is 1.11 bits per heavy atom. The van der Waals surface area contributed by atoms with Crippen molar-refractivity contribution in [2.24, 2.45) is 0 Å². The van der Waals surface area contributed by atoms with Crippen molar-refractivity contribution in [3.63, 3.8) is 0 Å². The van der Waals surface area contributed by atoms with Gasteiger partial charge in [-0.1, -0.05) is 46.3 Å². The zero-order chi connectivity index (χ0) is 24.4. The normalized spacial score (nSPS) is 13.3. The van der Waals surface area contributed by atoms with Crippen molar-refractivity contribution in [1.29, 1.82) is 0 Å². The number of carboxylic acid groups (broad SMARTS) is 1. The topological polar surface area (TPSA) is 103 Å². The lowest BCUT2D eigenvalue weighted by molar-refractivity contribution is -0.137. The number of carbonyl (C=O) groups is 2. The molecule has 9 heteroatoms. The van der Waals surface area contributed by atoms with Gasteiger partial charge in [0.1, 0.15) is 0 Å². The van der Waals surface area contributed by atoms with Crippen LogP contribution in [0.15, 0.2) is 77.5 Å². The van der Waals surface area contributed by atoms with E-state index in [1.165, 1.54) is 6.08 Å². The molecule has 1 amide bonds. The monoisotopic (exact) mass is 533 g/mol. The molecule has 4 aromatic rings. The number of ether oxygens (including phenoxy) is 2. The highest BCUT2D eigenvalue weighted by molar-refractivity contribution is 9.10. The maximum absolute atomic E-state index is 12.6. The SMILES string of the molecule is O=C(O)CC(c1ccccc1)n1cnc2ccc(NC(=O)/C=C/c3cc4c(cc3Br)OCO4)cc21. The van der Waals surface area contributed by atoms with Crippen LogP contribution in [0.25, 0.3) is 17.1 Å². The molecule has 0 saturated carbocycles. The number of rotatable bonds is 7. The summed E-state index contributed by atoms with van der Waals surface area (Å²) >= 11 is 3.48. The van der Waals surface area contributed by atoms with Crippen molar-refractivity contribution in [2.75, 3.05) is 12.1 Å². The summed E-state index contributed by atoms with van der Waals surface area (Å²) in [6.45, 7) is 0.173. The minimum atomic E-state index is -0.912. The van der Waals surface area contributed by atoms with Crippen molar-refractivity contribution in [3.8, 4) is 11.5 Å². The van der Waals surface area contributed by atoms with Crippen molar-refractivity contribution >= 4 is 50.6 Å². The predicted molar refractivity (Wildman–Crippen MR) is 134 cm³/mol. The Morgan fingerprint density at radius 2 is 1.89 bits per heavy atom. The fraction of sp³-hybridized carbons (Fsp3) is 0.115. The summed E-state index contributed by atoms with van der Waals surface area (Å²) in [5.74, 6) is 0.0523. The Hall–Kier alpha value is -4.11. The number of nitrogens with zero attached hydrogens (tertiary/aromatic N) is 2. The lowest BCUT2D eigenvalue weighted by atomic mass is 10.0. The van der Waals surface area contributed by atoms with Gasteiger partial charge in [0.15, 0.2) is 11.5 Å². The van der Waals surface area contributed by atoms with Crippen LogP contribution < -0.4 is 14.8 Å². The van der Waals surface area contributed by atoms with Gasteiger partial charge in [0.25, 0.3) is 0 Å². The summed E-state index contributed by atoms with van der Waals surface area (Å²) in [7, 11) is 0. The molecule has 0 saturated heterocycles. The number of halogens is 1. The van der Waals surface area contributed by atoms with Crippen LogP contribution >= 0.6 is 15.9 Å². The largest absolute Gasteiger partial charge is 0.481 e. The number of aromatic nitrogens is 2.